The Kier molecular flexibility index (Phi) is 3.79. The zero-order chi connectivity index (χ0) is 13.9. The van der Waals surface area contributed by atoms with E-state index in [9.17, 15) is 4.39 Å². The third-order valence-electron chi connectivity index (χ3n) is 3.88. The maximum Gasteiger partial charge on any atom is 0.123 e. The van der Waals surface area contributed by atoms with Crippen molar-refractivity contribution in [1.29, 1.82) is 0 Å². The maximum atomic E-state index is 13.1. The first-order valence-corrected chi connectivity index (χ1v) is 7.16. The van der Waals surface area contributed by atoms with Crippen LogP contribution in [0.1, 0.15) is 43.1 Å². The van der Waals surface area contributed by atoms with Gasteiger partial charge in [-0.1, -0.05) is 18.2 Å². The lowest BCUT2D eigenvalue weighted by atomic mass is 10.0. The molecule has 0 aliphatic heterocycles. The summed E-state index contributed by atoms with van der Waals surface area (Å²) < 4.78 is 13.1. The van der Waals surface area contributed by atoms with Gasteiger partial charge in [-0.2, -0.15) is 0 Å². The van der Waals surface area contributed by atoms with Crippen molar-refractivity contribution in [2.45, 2.75) is 31.8 Å². The molecule has 1 aromatic heterocycles. The minimum atomic E-state index is -0.180. The molecule has 1 aliphatic rings. The standard InChI is InChI=1S/C17H19FN2/c1-12(16-4-2-3-11-19-16)20-17(13-5-6-13)14-7-9-15(18)10-8-14/h2-4,7-13,17,20H,5-6H2,1H3/t12-,17?/m0/s1. The molecule has 0 amide bonds. The average molecular weight is 270 g/mol. The number of nitrogens with zero attached hydrogens (tertiary/aromatic N) is 1. The molecule has 1 saturated carbocycles. The second-order valence-corrected chi connectivity index (χ2v) is 5.51. The van der Waals surface area contributed by atoms with Gasteiger partial charge in [0.1, 0.15) is 5.82 Å². The third kappa shape index (κ3) is 3.05. The molecule has 2 atom stereocenters. The molecule has 1 heterocycles. The maximum absolute atomic E-state index is 13.1. The van der Waals surface area contributed by atoms with Crippen molar-refractivity contribution in [2.75, 3.05) is 0 Å². The Morgan fingerprint density at radius 1 is 1.15 bits per heavy atom. The van der Waals surface area contributed by atoms with E-state index >= 15 is 0 Å². The van der Waals surface area contributed by atoms with Crippen LogP contribution in [0, 0.1) is 11.7 Å². The quantitative estimate of drug-likeness (QED) is 0.887. The van der Waals surface area contributed by atoms with E-state index in [2.05, 4.69) is 17.2 Å². The van der Waals surface area contributed by atoms with Gasteiger partial charge in [-0.25, -0.2) is 4.39 Å². The van der Waals surface area contributed by atoms with E-state index in [1.54, 1.807) is 0 Å². The first kappa shape index (κ1) is 13.3. The highest BCUT2D eigenvalue weighted by molar-refractivity contribution is 5.23. The Morgan fingerprint density at radius 3 is 2.50 bits per heavy atom. The molecule has 0 spiro atoms. The van der Waals surface area contributed by atoms with Crippen molar-refractivity contribution in [1.82, 2.24) is 10.3 Å². The summed E-state index contributed by atoms with van der Waals surface area (Å²) in [4.78, 5) is 4.40. The number of rotatable bonds is 5. The van der Waals surface area contributed by atoms with E-state index in [1.165, 1.54) is 25.0 Å². The van der Waals surface area contributed by atoms with Crippen molar-refractivity contribution < 1.29 is 4.39 Å². The average Bonchev–Trinajstić information content (AvgIpc) is 3.31. The van der Waals surface area contributed by atoms with Crippen molar-refractivity contribution in [3.63, 3.8) is 0 Å². The summed E-state index contributed by atoms with van der Waals surface area (Å²) in [5, 5.41) is 3.65. The molecule has 0 bridgehead atoms. The summed E-state index contributed by atoms with van der Waals surface area (Å²) in [6.45, 7) is 2.13. The van der Waals surface area contributed by atoms with Crippen molar-refractivity contribution in [3.8, 4) is 0 Å². The number of hydrogen-bond donors (Lipinski definition) is 1. The SMILES string of the molecule is C[C@H](NC(c1ccc(F)cc1)C1CC1)c1ccccn1. The van der Waals surface area contributed by atoms with Crippen LogP contribution in [0.5, 0.6) is 0 Å². The van der Waals surface area contributed by atoms with Crippen molar-refractivity contribution >= 4 is 0 Å². The number of pyridine rings is 1. The van der Waals surface area contributed by atoms with E-state index in [-0.39, 0.29) is 17.9 Å². The number of aromatic nitrogens is 1. The van der Waals surface area contributed by atoms with E-state index in [1.807, 2.05) is 36.5 Å². The molecule has 0 saturated heterocycles. The largest absolute Gasteiger partial charge is 0.302 e. The normalized spacial score (nSPS) is 17.7. The van der Waals surface area contributed by atoms with E-state index in [0.717, 1.165) is 11.3 Å². The second-order valence-electron chi connectivity index (χ2n) is 5.51. The molecule has 1 fully saturated rings. The van der Waals surface area contributed by atoms with Crippen LogP contribution in [-0.2, 0) is 0 Å². The fourth-order valence-corrected chi connectivity index (χ4v) is 2.59. The van der Waals surface area contributed by atoms with E-state index in [4.69, 9.17) is 0 Å². The van der Waals surface area contributed by atoms with E-state index in [0.29, 0.717) is 5.92 Å². The van der Waals surface area contributed by atoms with Gasteiger partial charge in [0, 0.05) is 18.3 Å². The lowest BCUT2D eigenvalue weighted by Gasteiger charge is -2.23. The third-order valence-corrected chi connectivity index (χ3v) is 3.88. The van der Waals surface area contributed by atoms with Gasteiger partial charge in [0.2, 0.25) is 0 Å². The number of halogens is 1. The lowest BCUT2D eigenvalue weighted by molar-refractivity contribution is 0.422. The molecule has 1 aliphatic carbocycles. The van der Waals surface area contributed by atoms with Crippen LogP contribution in [0.15, 0.2) is 48.7 Å². The highest BCUT2D eigenvalue weighted by Crippen LogP contribution is 2.42. The molecule has 2 nitrogen and oxygen atoms in total. The summed E-state index contributed by atoms with van der Waals surface area (Å²) in [5.74, 6) is 0.479. The van der Waals surface area contributed by atoms with Crippen LogP contribution < -0.4 is 5.32 Å². The van der Waals surface area contributed by atoms with Gasteiger partial charge < -0.3 is 5.32 Å². The van der Waals surface area contributed by atoms with Gasteiger partial charge in [0.05, 0.1) is 5.69 Å². The van der Waals surface area contributed by atoms with Gasteiger partial charge in [0.25, 0.3) is 0 Å². The number of benzene rings is 1. The molecular weight excluding hydrogens is 251 g/mol. The summed E-state index contributed by atoms with van der Waals surface area (Å²) >= 11 is 0. The number of nitrogens with one attached hydrogen (secondary N) is 1. The molecule has 3 heteroatoms. The molecule has 104 valence electrons. The predicted octanol–water partition coefficient (Wildman–Crippen LogP) is 4.02. The van der Waals surface area contributed by atoms with Gasteiger partial charge in [-0.3, -0.25) is 4.98 Å². The Balaban J connectivity index is 1.76. The molecule has 1 unspecified atom stereocenters. The summed E-state index contributed by atoms with van der Waals surface area (Å²) in [6.07, 6.45) is 4.30. The van der Waals surface area contributed by atoms with Crippen LogP contribution >= 0.6 is 0 Å². The van der Waals surface area contributed by atoms with E-state index < -0.39 is 0 Å². The highest BCUT2D eigenvalue weighted by atomic mass is 19.1. The Bertz CT molecular complexity index is 549. The van der Waals surface area contributed by atoms with Gasteiger partial charge >= 0.3 is 0 Å². The lowest BCUT2D eigenvalue weighted by Crippen LogP contribution is -2.26. The fourth-order valence-electron chi connectivity index (χ4n) is 2.59. The molecule has 0 radical (unpaired) electrons. The topological polar surface area (TPSA) is 24.9 Å². The molecule has 2 aromatic rings. The highest BCUT2D eigenvalue weighted by Gasteiger charge is 2.33. The van der Waals surface area contributed by atoms with Gasteiger partial charge in [-0.05, 0) is 55.5 Å². The summed E-state index contributed by atoms with van der Waals surface area (Å²) in [5.41, 5.74) is 2.21. The molecule has 3 rings (SSSR count). The Labute approximate surface area is 119 Å². The van der Waals surface area contributed by atoms with Crippen molar-refractivity contribution in [3.05, 3.63) is 65.7 Å². The smallest absolute Gasteiger partial charge is 0.123 e. The monoisotopic (exact) mass is 270 g/mol. The zero-order valence-corrected chi connectivity index (χ0v) is 11.6. The van der Waals surface area contributed by atoms with Crippen LogP contribution in [0.25, 0.3) is 0 Å². The molecule has 1 N–H and O–H groups in total. The fraction of sp³-hybridized carbons (Fsp3) is 0.353. The van der Waals surface area contributed by atoms with Gasteiger partial charge in [0.15, 0.2) is 0 Å². The van der Waals surface area contributed by atoms with Crippen LogP contribution in [0.4, 0.5) is 4.39 Å². The Morgan fingerprint density at radius 2 is 1.90 bits per heavy atom. The summed E-state index contributed by atoms with van der Waals surface area (Å²) in [6, 6.07) is 13.3. The molecular formula is C17H19FN2. The first-order valence-electron chi connectivity index (χ1n) is 7.16. The predicted molar refractivity (Wildman–Crippen MR) is 77.7 cm³/mol. The van der Waals surface area contributed by atoms with Crippen molar-refractivity contribution in [2.24, 2.45) is 5.92 Å². The minimum Gasteiger partial charge on any atom is -0.302 e. The first-order chi connectivity index (χ1) is 9.74. The zero-order valence-electron chi connectivity index (χ0n) is 11.6. The summed E-state index contributed by atoms with van der Waals surface area (Å²) in [7, 11) is 0. The molecule has 1 aromatic carbocycles. The van der Waals surface area contributed by atoms with Crippen LogP contribution in [0.3, 0.4) is 0 Å². The minimum absolute atomic E-state index is 0.180. The van der Waals surface area contributed by atoms with Crippen LogP contribution in [-0.4, -0.2) is 4.98 Å². The molecule has 20 heavy (non-hydrogen) atoms. The van der Waals surface area contributed by atoms with Crippen LogP contribution in [0.2, 0.25) is 0 Å². The second kappa shape index (κ2) is 5.71. The van der Waals surface area contributed by atoms with Gasteiger partial charge in [-0.15, -0.1) is 0 Å². The number of hydrogen-bond acceptors (Lipinski definition) is 2. The Hall–Kier alpha value is -1.74.